The summed E-state index contributed by atoms with van der Waals surface area (Å²) in [7, 11) is 0. The van der Waals surface area contributed by atoms with Gasteiger partial charge in [0.1, 0.15) is 19.5 Å². The first-order valence-electron chi connectivity index (χ1n) is 5.42. The smallest absolute Gasteiger partial charge is 0.197 e. The van der Waals surface area contributed by atoms with Crippen molar-refractivity contribution >= 4 is 17.4 Å². The molecule has 1 aliphatic rings. The summed E-state index contributed by atoms with van der Waals surface area (Å²) in [6.45, 7) is 0.951. The maximum Gasteiger partial charge on any atom is 0.197 e. The van der Waals surface area contributed by atoms with E-state index < -0.39 is 0 Å². The zero-order valence-electron chi connectivity index (χ0n) is 9.31. The molecule has 0 amide bonds. The van der Waals surface area contributed by atoms with E-state index in [-0.39, 0.29) is 5.78 Å². The first-order valence-corrected chi connectivity index (χ1v) is 5.79. The quantitative estimate of drug-likeness (QED) is 0.783. The van der Waals surface area contributed by atoms with E-state index in [4.69, 9.17) is 25.5 Å². The molecular formula is C13H9ClO4. The summed E-state index contributed by atoms with van der Waals surface area (Å²) >= 11 is 6.09. The normalized spacial score (nSPS) is 13.4. The lowest BCUT2D eigenvalue weighted by Crippen LogP contribution is -2.16. The van der Waals surface area contributed by atoms with Crippen LogP contribution >= 0.6 is 11.6 Å². The topological polar surface area (TPSA) is 48.7 Å². The molecule has 0 unspecified atom stereocenters. The first kappa shape index (κ1) is 11.2. The van der Waals surface area contributed by atoms with E-state index >= 15 is 0 Å². The molecule has 0 saturated heterocycles. The maximum atomic E-state index is 12.2. The molecule has 0 bridgehead atoms. The van der Waals surface area contributed by atoms with Gasteiger partial charge in [-0.25, -0.2) is 0 Å². The first-order chi connectivity index (χ1) is 8.75. The Kier molecular flexibility index (Phi) is 2.72. The summed E-state index contributed by atoms with van der Waals surface area (Å²) in [5.74, 6) is 0.901. The van der Waals surface area contributed by atoms with Gasteiger partial charge in [0.05, 0.1) is 16.8 Å². The zero-order valence-corrected chi connectivity index (χ0v) is 10.1. The van der Waals surface area contributed by atoms with Crippen LogP contribution in [0.4, 0.5) is 0 Å². The Hall–Kier alpha value is -1.94. The van der Waals surface area contributed by atoms with Gasteiger partial charge in [-0.1, -0.05) is 11.6 Å². The molecule has 0 N–H and O–H groups in total. The molecule has 0 radical (unpaired) electrons. The van der Waals surface area contributed by atoms with Crippen LogP contribution < -0.4 is 9.47 Å². The predicted octanol–water partition coefficient (Wildman–Crippen LogP) is 2.94. The van der Waals surface area contributed by atoms with E-state index in [9.17, 15) is 4.79 Å². The highest BCUT2D eigenvalue weighted by atomic mass is 35.5. The van der Waals surface area contributed by atoms with Gasteiger partial charge >= 0.3 is 0 Å². The van der Waals surface area contributed by atoms with E-state index in [1.807, 2.05) is 0 Å². The minimum atomic E-state index is -0.203. The van der Waals surface area contributed by atoms with Crippen LogP contribution in [0.5, 0.6) is 11.5 Å². The molecule has 0 spiro atoms. The van der Waals surface area contributed by atoms with Gasteiger partial charge in [0, 0.05) is 11.6 Å². The largest absolute Gasteiger partial charge is 0.486 e. The number of carbonyl (C=O) groups excluding carboxylic acids is 1. The van der Waals surface area contributed by atoms with Gasteiger partial charge < -0.3 is 13.9 Å². The third-order valence-corrected chi connectivity index (χ3v) is 2.97. The van der Waals surface area contributed by atoms with Crippen molar-refractivity contribution in [3.8, 4) is 11.5 Å². The van der Waals surface area contributed by atoms with Gasteiger partial charge in [-0.05, 0) is 12.1 Å². The predicted molar refractivity (Wildman–Crippen MR) is 64.6 cm³/mol. The van der Waals surface area contributed by atoms with E-state index in [0.717, 1.165) is 0 Å². The molecule has 1 aliphatic heterocycles. The van der Waals surface area contributed by atoms with Crippen LogP contribution in [0.1, 0.15) is 15.9 Å². The van der Waals surface area contributed by atoms with Gasteiger partial charge in [-0.3, -0.25) is 4.79 Å². The van der Waals surface area contributed by atoms with Crippen molar-refractivity contribution in [2.24, 2.45) is 0 Å². The minimum Gasteiger partial charge on any atom is -0.486 e. The molecule has 92 valence electrons. The van der Waals surface area contributed by atoms with Crippen LogP contribution in [0.3, 0.4) is 0 Å². The number of furan rings is 1. The number of rotatable bonds is 2. The molecule has 1 aromatic heterocycles. The average molecular weight is 265 g/mol. The highest BCUT2D eigenvalue weighted by Gasteiger charge is 2.20. The molecular weight excluding hydrogens is 256 g/mol. The van der Waals surface area contributed by atoms with Crippen molar-refractivity contribution in [3.63, 3.8) is 0 Å². The fourth-order valence-electron chi connectivity index (χ4n) is 1.79. The van der Waals surface area contributed by atoms with Crippen molar-refractivity contribution in [1.29, 1.82) is 0 Å². The SMILES string of the molecule is O=C(c1ccoc1)c1cc2c(cc1Cl)OCCO2. The van der Waals surface area contributed by atoms with Crippen molar-refractivity contribution in [2.45, 2.75) is 0 Å². The third-order valence-electron chi connectivity index (χ3n) is 2.66. The molecule has 3 rings (SSSR count). The second-order valence-electron chi connectivity index (χ2n) is 3.82. The molecule has 0 aliphatic carbocycles. The standard InChI is InChI=1S/C13H9ClO4/c14-10-6-12-11(17-3-4-18-12)5-9(10)13(15)8-1-2-16-7-8/h1-2,5-7H,3-4H2. The molecule has 4 nitrogen and oxygen atoms in total. The van der Waals surface area contributed by atoms with Gasteiger partial charge in [0.15, 0.2) is 17.3 Å². The molecule has 0 saturated carbocycles. The fourth-order valence-corrected chi connectivity index (χ4v) is 2.03. The Labute approximate surface area is 108 Å². The Balaban J connectivity index is 2.04. The zero-order chi connectivity index (χ0) is 12.5. The lowest BCUT2D eigenvalue weighted by molar-refractivity contribution is 0.103. The average Bonchev–Trinajstić information content (AvgIpc) is 2.91. The van der Waals surface area contributed by atoms with Crippen LogP contribution in [0.2, 0.25) is 5.02 Å². The highest BCUT2D eigenvalue weighted by Crippen LogP contribution is 2.36. The second kappa shape index (κ2) is 4.38. The van der Waals surface area contributed by atoms with Gasteiger partial charge in [-0.15, -0.1) is 0 Å². The lowest BCUT2D eigenvalue weighted by Gasteiger charge is -2.19. The molecule has 1 aromatic carbocycles. The number of hydrogen-bond acceptors (Lipinski definition) is 4. The van der Waals surface area contributed by atoms with Gasteiger partial charge in [0.2, 0.25) is 0 Å². The Morgan fingerprint density at radius 2 is 1.89 bits per heavy atom. The summed E-state index contributed by atoms with van der Waals surface area (Å²) in [5.41, 5.74) is 0.830. The van der Waals surface area contributed by atoms with Crippen LogP contribution in [-0.2, 0) is 0 Å². The number of hydrogen-bond donors (Lipinski definition) is 0. The number of halogens is 1. The minimum absolute atomic E-state index is 0.203. The third kappa shape index (κ3) is 1.84. The molecule has 0 atom stereocenters. The number of benzene rings is 1. The highest BCUT2D eigenvalue weighted by molar-refractivity contribution is 6.35. The number of ketones is 1. The van der Waals surface area contributed by atoms with Crippen molar-refractivity contribution in [1.82, 2.24) is 0 Å². The van der Waals surface area contributed by atoms with Crippen LogP contribution in [0.15, 0.2) is 35.1 Å². The Morgan fingerprint density at radius 3 is 2.56 bits per heavy atom. The summed E-state index contributed by atoms with van der Waals surface area (Å²) < 4.78 is 15.7. The number of carbonyl (C=O) groups is 1. The molecule has 2 heterocycles. The van der Waals surface area contributed by atoms with Crippen molar-refractivity contribution in [2.75, 3.05) is 13.2 Å². The number of ether oxygens (including phenoxy) is 2. The molecule has 0 fully saturated rings. The van der Waals surface area contributed by atoms with Gasteiger partial charge in [0.25, 0.3) is 0 Å². The summed E-state index contributed by atoms with van der Waals surface area (Å²) in [6.07, 6.45) is 2.83. The maximum absolute atomic E-state index is 12.2. The van der Waals surface area contributed by atoms with Crippen LogP contribution in [0, 0.1) is 0 Å². The summed E-state index contributed by atoms with van der Waals surface area (Å²) in [4.78, 5) is 12.2. The van der Waals surface area contributed by atoms with Gasteiger partial charge in [-0.2, -0.15) is 0 Å². The van der Waals surface area contributed by atoms with E-state index in [0.29, 0.717) is 40.9 Å². The van der Waals surface area contributed by atoms with Crippen LogP contribution in [-0.4, -0.2) is 19.0 Å². The Bertz CT molecular complexity index is 589. The Morgan fingerprint density at radius 1 is 1.17 bits per heavy atom. The monoisotopic (exact) mass is 264 g/mol. The second-order valence-corrected chi connectivity index (χ2v) is 4.22. The van der Waals surface area contributed by atoms with Crippen molar-refractivity contribution < 1.29 is 18.7 Å². The fraction of sp³-hybridized carbons (Fsp3) is 0.154. The van der Waals surface area contributed by atoms with E-state index in [1.165, 1.54) is 12.5 Å². The van der Waals surface area contributed by atoms with Crippen molar-refractivity contribution in [3.05, 3.63) is 46.9 Å². The number of fused-ring (bicyclic) bond motifs is 1. The lowest BCUT2D eigenvalue weighted by atomic mass is 10.1. The molecule has 2 aromatic rings. The summed E-state index contributed by atoms with van der Waals surface area (Å²) in [6, 6.07) is 4.80. The molecule has 18 heavy (non-hydrogen) atoms. The summed E-state index contributed by atoms with van der Waals surface area (Å²) in [5, 5.41) is 0.338. The van der Waals surface area contributed by atoms with E-state index in [1.54, 1.807) is 18.2 Å². The van der Waals surface area contributed by atoms with Crippen LogP contribution in [0.25, 0.3) is 0 Å². The van der Waals surface area contributed by atoms with E-state index in [2.05, 4.69) is 0 Å². The molecule has 5 heteroatoms.